The summed E-state index contributed by atoms with van der Waals surface area (Å²) in [5.41, 5.74) is 5.41. The second kappa shape index (κ2) is 32.7. The molecule has 0 fully saturated rings. The molecule has 19 nitrogen and oxygen atoms in total. The highest BCUT2D eigenvalue weighted by Gasteiger charge is 2.15. The second-order valence-electron chi connectivity index (χ2n) is 12.6. The second-order valence-corrected chi connectivity index (χ2v) is 12.6. The van der Waals surface area contributed by atoms with E-state index >= 15 is 0 Å². The van der Waals surface area contributed by atoms with Gasteiger partial charge >= 0.3 is 0 Å². The fraction of sp³-hybridized carbons (Fsp3) is 0.794. The first-order chi connectivity index (χ1) is 25.4. The number of nitrogens with zero attached hydrogens (tertiary/aromatic N) is 3. The lowest BCUT2D eigenvalue weighted by Crippen LogP contribution is -2.32. The quantitative estimate of drug-likeness (QED) is 0.0244. The molecule has 0 aromatic rings. The van der Waals surface area contributed by atoms with E-state index in [1.54, 1.807) is 0 Å². The molecule has 0 aliphatic carbocycles. The summed E-state index contributed by atoms with van der Waals surface area (Å²) in [7, 11) is 0. The zero-order valence-corrected chi connectivity index (χ0v) is 31.2. The van der Waals surface area contributed by atoms with Crippen LogP contribution in [0.5, 0.6) is 0 Å². The molecule has 53 heavy (non-hydrogen) atoms. The molecule has 0 heterocycles. The highest BCUT2D eigenvalue weighted by molar-refractivity contribution is 5.84. The van der Waals surface area contributed by atoms with Crippen LogP contribution in [0.2, 0.25) is 0 Å². The summed E-state index contributed by atoms with van der Waals surface area (Å²) >= 11 is 0. The first-order valence-corrected chi connectivity index (χ1v) is 18.8. The number of amides is 7. The highest BCUT2D eigenvalue weighted by atomic mass is 16.5. The zero-order valence-electron chi connectivity index (χ0n) is 31.2. The number of rotatable bonds is 33. The van der Waals surface area contributed by atoms with Gasteiger partial charge in [-0.1, -0.05) is 6.42 Å². The van der Waals surface area contributed by atoms with Crippen LogP contribution in [0.15, 0.2) is 0 Å². The Bertz CT molecular complexity index is 1080. The standard InChI is InChI=1S/C34H64N8O11/c35-19-5-1-10-24-40(51)32(48)16-14-29(45)37-21-8-3-12-26-42(53)34(50)18-15-30(46)38-22-9-4-11-25-41(52)33(49)17-13-28(44)36-20-6-2-7-23-39-31(47)27-43/h43,51-53H,1-27,35H2,(H,36,44)(H,37,45)(H,38,46)(H,39,47). The van der Waals surface area contributed by atoms with Gasteiger partial charge in [0.1, 0.15) is 6.61 Å². The maximum Gasteiger partial charge on any atom is 0.246 e. The first kappa shape index (κ1) is 49.1. The molecule has 0 unspecified atom stereocenters. The van der Waals surface area contributed by atoms with Crippen LogP contribution in [-0.2, 0) is 33.6 Å². The third-order valence-electron chi connectivity index (χ3n) is 8.01. The van der Waals surface area contributed by atoms with Crippen molar-refractivity contribution in [2.75, 3.05) is 59.0 Å². The molecule has 0 spiro atoms. The van der Waals surface area contributed by atoms with Crippen LogP contribution in [0, 0.1) is 0 Å². The van der Waals surface area contributed by atoms with Crippen LogP contribution in [0.25, 0.3) is 0 Å². The monoisotopic (exact) mass is 760 g/mol. The number of hydroxylamine groups is 6. The first-order valence-electron chi connectivity index (χ1n) is 18.8. The Labute approximate surface area is 312 Å². The van der Waals surface area contributed by atoms with Crippen molar-refractivity contribution in [2.24, 2.45) is 5.73 Å². The molecule has 0 aliphatic heterocycles. The van der Waals surface area contributed by atoms with Gasteiger partial charge in [-0.25, -0.2) is 15.2 Å². The van der Waals surface area contributed by atoms with E-state index in [1.807, 2.05) is 0 Å². The van der Waals surface area contributed by atoms with Gasteiger partial charge in [-0.15, -0.1) is 0 Å². The van der Waals surface area contributed by atoms with E-state index < -0.39 is 30.2 Å². The molecule has 0 saturated carbocycles. The van der Waals surface area contributed by atoms with E-state index in [9.17, 15) is 49.2 Å². The van der Waals surface area contributed by atoms with Gasteiger partial charge in [0.05, 0.1) is 0 Å². The maximum absolute atomic E-state index is 12.1. The van der Waals surface area contributed by atoms with Crippen molar-refractivity contribution >= 4 is 41.4 Å². The van der Waals surface area contributed by atoms with Gasteiger partial charge in [0.15, 0.2) is 0 Å². The number of carbonyl (C=O) groups excluding carboxylic acids is 7. The Hall–Kier alpha value is -3.91. The minimum Gasteiger partial charge on any atom is -0.387 e. The largest absolute Gasteiger partial charge is 0.387 e. The lowest BCUT2D eigenvalue weighted by Gasteiger charge is -2.15. The summed E-state index contributed by atoms with van der Waals surface area (Å²) < 4.78 is 0. The van der Waals surface area contributed by atoms with Crippen LogP contribution >= 0.6 is 0 Å². The molecule has 0 rings (SSSR count). The molecule has 0 saturated heterocycles. The van der Waals surface area contributed by atoms with Crippen molar-refractivity contribution in [3.8, 4) is 0 Å². The Morgan fingerprint density at radius 2 is 0.679 bits per heavy atom. The predicted octanol–water partition coefficient (Wildman–Crippen LogP) is 0.0774. The highest BCUT2D eigenvalue weighted by Crippen LogP contribution is 2.04. The topological polar surface area (TPSA) is 284 Å². The predicted molar refractivity (Wildman–Crippen MR) is 192 cm³/mol. The Morgan fingerprint density at radius 1 is 0.396 bits per heavy atom. The smallest absolute Gasteiger partial charge is 0.246 e. The summed E-state index contributed by atoms with van der Waals surface area (Å²) in [5.74, 6) is -3.05. The summed E-state index contributed by atoms with van der Waals surface area (Å²) in [6, 6.07) is 0. The number of carbonyl (C=O) groups is 7. The van der Waals surface area contributed by atoms with Crippen molar-refractivity contribution in [1.82, 2.24) is 36.5 Å². The van der Waals surface area contributed by atoms with E-state index in [0.29, 0.717) is 106 Å². The zero-order chi connectivity index (χ0) is 39.7. The van der Waals surface area contributed by atoms with Crippen molar-refractivity contribution in [3.63, 3.8) is 0 Å². The number of nitrogens with two attached hydrogens (primary N) is 1. The SMILES string of the molecule is NCCCCCN(O)C(=O)CCC(=O)NCCCCCN(O)C(=O)CCC(=O)NCCCCCN(O)C(=O)CCC(=O)NCCCCCNC(=O)CO. The number of aliphatic hydroxyl groups is 1. The lowest BCUT2D eigenvalue weighted by molar-refractivity contribution is -0.166. The summed E-state index contributed by atoms with van der Waals surface area (Å²) in [6.07, 6.45) is 7.24. The van der Waals surface area contributed by atoms with E-state index in [2.05, 4.69) is 21.3 Å². The van der Waals surface area contributed by atoms with Gasteiger partial charge < -0.3 is 32.1 Å². The van der Waals surface area contributed by atoms with Crippen LogP contribution < -0.4 is 27.0 Å². The molecular formula is C34H64N8O11. The number of unbranched alkanes of at least 4 members (excludes halogenated alkanes) is 8. The van der Waals surface area contributed by atoms with Crippen LogP contribution in [0.1, 0.15) is 116 Å². The van der Waals surface area contributed by atoms with Crippen molar-refractivity contribution in [3.05, 3.63) is 0 Å². The number of hydrogen-bond donors (Lipinski definition) is 9. The maximum atomic E-state index is 12.1. The summed E-state index contributed by atoms with van der Waals surface area (Å²) in [5, 5.41) is 50.7. The van der Waals surface area contributed by atoms with E-state index in [1.165, 1.54) is 0 Å². The average molecular weight is 761 g/mol. The van der Waals surface area contributed by atoms with Gasteiger partial charge in [0.2, 0.25) is 41.4 Å². The third kappa shape index (κ3) is 29.3. The molecule has 7 amide bonds. The van der Waals surface area contributed by atoms with Crippen LogP contribution in [-0.4, -0.2) is 136 Å². The Morgan fingerprint density at radius 3 is 0.981 bits per heavy atom. The summed E-state index contributed by atoms with van der Waals surface area (Å²) in [4.78, 5) is 82.9. The number of nitrogens with one attached hydrogen (secondary N) is 4. The van der Waals surface area contributed by atoms with Crippen molar-refractivity contribution in [1.29, 1.82) is 0 Å². The Kier molecular flexibility index (Phi) is 30.3. The van der Waals surface area contributed by atoms with E-state index in [4.69, 9.17) is 10.8 Å². The van der Waals surface area contributed by atoms with Crippen LogP contribution in [0.3, 0.4) is 0 Å². The normalized spacial score (nSPS) is 10.7. The minimum atomic E-state index is -0.584. The molecule has 0 aromatic heterocycles. The molecule has 0 aliphatic rings. The summed E-state index contributed by atoms with van der Waals surface area (Å²) in [6.45, 7) is 1.96. The van der Waals surface area contributed by atoms with E-state index in [-0.39, 0.29) is 75.9 Å². The van der Waals surface area contributed by atoms with Gasteiger partial charge in [0.25, 0.3) is 0 Å². The minimum absolute atomic E-state index is 0.0389. The van der Waals surface area contributed by atoms with Crippen LogP contribution in [0.4, 0.5) is 0 Å². The molecule has 0 radical (unpaired) electrons. The molecule has 10 N–H and O–H groups in total. The molecule has 0 atom stereocenters. The molecule has 19 heteroatoms. The fourth-order valence-electron chi connectivity index (χ4n) is 4.79. The average Bonchev–Trinajstić information content (AvgIpc) is 3.15. The lowest BCUT2D eigenvalue weighted by atomic mass is 10.2. The van der Waals surface area contributed by atoms with E-state index in [0.717, 1.165) is 19.3 Å². The van der Waals surface area contributed by atoms with Crippen molar-refractivity contribution < 1.29 is 54.3 Å². The molecule has 0 bridgehead atoms. The number of hydrogen-bond acceptors (Lipinski definition) is 12. The van der Waals surface area contributed by atoms with Crippen molar-refractivity contribution in [2.45, 2.75) is 116 Å². The van der Waals surface area contributed by atoms with Gasteiger partial charge in [-0.2, -0.15) is 0 Å². The molecule has 306 valence electrons. The van der Waals surface area contributed by atoms with Gasteiger partial charge in [-0.05, 0) is 77.2 Å². The van der Waals surface area contributed by atoms with Gasteiger partial charge in [0, 0.05) is 84.3 Å². The molecular weight excluding hydrogens is 696 g/mol. The van der Waals surface area contributed by atoms with Gasteiger partial charge in [-0.3, -0.25) is 49.2 Å². The fourth-order valence-corrected chi connectivity index (χ4v) is 4.79. The Balaban J connectivity index is 3.80. The third-order valence-corrected chi connectivity index (χ3v) is 8.01. The molecule has 0 aromatic carbocycles. The number of aliphatic hydroxyl groups excluding tert-OH is 1.